The lowest BCUT2D eigenvalue weighted by Crippen LogP contribution is -2.28. The lowest BCUT2D eigenvalue weighted by atomic mass is 10.2. The molecule has 30 heavy (non-hydrogen) atoms. The Hall–Kier alpha value is -2.89. The molecule has 1 aliphatic heterocycles. The highest BCUT2D eigenvalue weighted by Crippen LogP contribution is 2.26. The molecule has 0 radical (unpaired) electrons. The number of nitrogens with zero attached hydrogens (tertiary/aromatic N) is 1. The van der Waals surface area contributed by atoms with Crippen molar-refractivity contribution < 1.29 is 22.7 Å². The summed E-state index contributed by atoms with van der Waals surface area (Å²) in [5.74, 6) is 0.0893. The summed E-state index contributed by atoms with van der Waals surface area (Å²) in [5, 5.41) is 10.1. The van der Waals surface area contributed by atoms with Crippen molar-refractivity contribution in [2.45, 2.75) is 23.5 Å². The molecule has 0 aromatic heterocycles. The number of hydrogen-bond acceptors (Lipinski definition) is 7. The fraction of sp³-hybridized carbons (Fsp3) is 0.211. The Labute approximate surface area is 178 Å². The molecule has 0 aliphatic carbocycles. The van der Waals surface area contributed by atoms with Gasteiger partial charge in [0.05, 0.1) is 17.2 Å². The molecule has 11 heteroatoms. The van der Waals surface area contributed by atoms with Crippen molar-refractivity contribution in [1.29, 1.82) is 0 Å². The number of nitrogens with one attached hydrogen (secondary N) is 2. The van der Waals surface area contributed by atoms with Gasteiger partial charge in [0.15, 0.2) is 5.17 Å². The molecular weight excluding hydrogens is 428 g/mol. The van der Waals surface area contributed by atoms with E-state index in [0.29, 0.717) is 28.9 Å². The van der Waals surface area contributed by atoms with Crippen molar-refractivity contribution >= 4 is 50.1 Å². The van der Waals surface area contributed by atoms with Crippen molar-refractivity contribution in [3.8, 4) is 5.75 Å². The van der Waals surface area contributed by atoms with Gasteiger partial charge in [0.2, 0.25) is 21.8 Å². The summed E-state index contributed by atoms with van der Waals surface area (Å²) < 4.78 is 27.9. The van der Waals surface area contributed by atoms with Gasteiger partial charge < -0.3 is 15.4 Å². The van der Waals surface area contributed by atoms with Crippen LogP contribution >= 0.6 is 11.8 Å². The molecule has 1 atom stereocenters. The Bertz CT molecular complexity index is 1070. The Kier molecular flexibility index (Phi) is 6.75. The summed E-state index contributed by atoms with van der Waals surface area (Å²) in [5.41, 5.74) is 1.06. The van der Waals surface area contributed by atoms with Crippen LogP contribution in [0.4, 0.5) is 11.4 Å². The number of carbonyl (C=O) groups excluding carboxylic acids is 2. The number of ether oxygens (including phenoxy) is 1. The van der Waals surface area contributed by atoms with E-state index in [1.807, 2.05) is 6.92 Å². The maximum absolute atomic E-state index is 12.3. The lowest BCUT2D eigenvalue weighted by molar-refractivity contribution is -0.122. The van der Waals surface area contributed by atoms with Gasteiger partial charge in [-0.1, -0.05) is 11.8 Å². The summed E-state index contributed by atoms with van der Waals surface area (Å²) in [4.78, 5) is 28.7. The van der Waals surface area contributed by atoms with E-state index in [0.717, 1.165) is 11.8 Å². The highest BCUT2D eigenvalue weighted by atomic mass is 32.2. The number of anilines is 1. The molecule has 4 N–H and O–H groups in total. The predicted molar refractivity (Wildman–Crippen MR) is 115 cm³/mol. The minimum Gasteiger partial charge on any atom is -0.494 e. The first-order valence-corrected chi connectivity index (χ1v) is 11.4. The topological polar surface area (TPSA) is 140 Å². The van der Waals surface area contributed by atoms with Gasteiger partial charge in [0, 0.05) is 12.1 Å². The quantitative estimate of drug-likeness (QED) is 0.592. The number of nitrogens with two attached hydrogens (primary N) is 1. The van der Waals surface area contributed by atoms with Crippen LogP contribution in [-0.4, -0.2) is 37.3 Å². The Morgan fingerprint density at radius 1 is 1.20 bits per heavy atom. The lowest BCUT2D eigenvalue weighted by Gasteiger charge is -2.08. The zero-order valence-electron chi connectivity index (χ0n) is 16.0. The van der Waals surface area contributed by atoms with Gasteiger partial charge in [-0.05, 0) is 55.5 Å². The van der Waals surface area contributed by atoms with Crippen LogP contribution < -0.4 is 20.5 Å². The number of amidine groups is 1. The number of primary sulfonamides is 1. The number of benzene rings is 2. The molecule has 0 bridgehead atoms. The normalized spacial score (nSPS) is 17.6. The third-order valence-electron chi connectivity index (χ3n) is 3.99. The van der Waals surface area contributed by atoms with Gasteiger partial charge in [-0.15, -0.1) is 0 Å². The number of aliphatic imine (C=N–C) groups is 1. The predicted octanol–water partition coefficient (Wildman–Crippen LogP) is 1.98. The van der Waals surface area contributed by atoms with Crippen molar-refractivity contribution in [3.63, 3.8) is 0 Å². The van der Waals surface area contributed by atoms with E-state index in [4.69, 9.17) is 9.88 Å². The molecule has 2 aromatic carbocycles. The summed E-state index contributed by atoms with van der Waals surface area (Å²) in [6.45, 7) is 2.44. The zero-order chi connectivity index (χ0) is 21.7. The third kappa shape index (κ3) is 5.81. The van der Waals surface area contributed by atoms with E-state index in [9.17, 15) is 18.0 Å². The van der Waals surface area contributed by atoms with E-state index < -0.39 is 15.3 Å². The zero-order valence-corrected chi connectivity index (χ0v) is 17.6. The number of thioether (sulfide) groups is 1. The molecule has 158 valence electrons. The molecule has 0 spiro atoms. The maximum atomic E-state index is 12.3. The largest absolute Gasteiger partial charge is 0.494 e. The SMILES string of the molecule is CCOc1ccc(NC(=O)CC2SC(=Nc3ccc(S(N)(=O)=O)cc3)NC2=O)cc1. The van der Waals surface area contributed by atoms with Gasteiger partial charge in [-0.2, -0.15) is 0 Å². The molecule has 2 aromatic rings. The van der Waals surface area contributed by atoms with Crippen molar-refractivity contribution in [2.24, 2.45) is 10.1 Å². The fourth-order valence-electron chi connectivity index (χ4n) is 2.60. The van der Waals surface area contributed by atoms with Gasteiger partial charge in [0.25, 0.3) is 0 Å². The number of hydrogen-bond donors (Lipinski definition) is 3. The van der Waals surface area contributed by atoms with Crippen molar-refractivity contribution in [3.05, 3.63) is 48.5 Å². The summed E-state index contributed by atoms with van der Waals surface area (Å²) in [7, 11) is -3.78. The van der Waals surface area contributed by atoms with E-state index >= 15 is 0 Å². The first-order chi connectivity index (χ1) is 14.2. The average molecular weight is 449 g/mol. The fourth-order valence-corrected chi connectivity index (χ4v) is 4.10. The minimum atomic E-state index is -3.78. The van der Waals surface area contributed by atoms with Crippen LogP contribution in [0, 0.1) is 0 Å². The van der Waals surface area contributed by atoms with Crippen LogP contribution in [0.25, 0.3) is 0 Å². The number of carbonyl (C=O) groups is 2. The maximum Gasteiger partial charge on any atom is 0.240 e. The van der Waals surface area contributed by atoms with Crippen LogP contribution in [0.15, 0.2) is 58.4 Å². The molecule has 1 aliphatic rings. The molecular formula is C19H20N4O5S2. The minimum absolute atomic E-state index is 0.0207. The highest BCUT2D eigenvalue weighted by molar-refractivity contribution is 8.15. The Balaban J connectivity index is 1.58. The third-order valence-corrected chi connectivity index (χ3v) is 6.00. The van der Waals surface area contributed by atoms with E-state index in [-0.39, 0.29) is 23.1 Å². The van der Waals surface area contributed by atoms with Gasteiger partial charge >= 0.3 is 0 Å². The first-order valence-electron chi connectivity index (χ1n) is 8.96. The molecule has 1 unspecified atom stereocenters. The number of amides is 2. The average Bonchev–Trinajstić information content (AvgIpc) is 3.02. The molecule has 9 nitrogen and oxygen atoms in total. The standard InChI is InChI=1S/C19H20N4O5S2/c1-2-28-14-7-3-12(4-8-14)21-17(24)11-16-18(25)23-19(29-16)22-13-5-9-15(10-6-13)30(20,26)27/h3-10,16H,2,11H2,1H3,(H,21,24)(H2,20,26,27)(H,22,23,25). The van der Waals surface area contributed by atoms with E-state index in [1.165, 1.54) is 24.3 Å². The summed E-state index contributed by atoms with van der Waals surface area (Å²) in [6, 6.07) is 12.6. The van der Waals surface area contributed by atoms with Crippen LogP contribution in [0.2, 0.25) is 0 Å². The highest BCUT2D eigenvalue weighted by Gasteiger charge is 2.32. The second-order valence-corrected chi connectivity index (χ2v) is 9.01. The monoisotopic (exact) mass is 448 g/mol. The number of sulfonamides is 1. The van der Waals surface area contributed by atoms with Crippen LogP contribution in [-0.2, 0) is 19.6 Å². The van der Waals surface area contributed by atoms with Crippen molar-refractivity contribution in [2.75, 3.05) is 11.9 Å². The summed E-state index contributed by atoms with van der Waals surface area (Å²) in [6.07, 6.45) is -0.0207. The molecule has 0 saturated carbocycles. The molecule has 3 rings (SSSR count). The second-order valence-electron chi connectivity index (χ2n) is 6.26. The van der Waals surface area contributed by atoms with E-state index in [2.05, 4.69) is 15.6 Å². The molecule has 1 saturated heterocycles. The summed E-state index contributed by atoms with van der Waals surface area (Å²) >= 11 is 1.14. The second kappa shape index (κ2) is 9.28. The van der Waals surface area contributed by atoms with Crippen LogP contribution in [0.3, 0.4) is 0 Å². The van der Waals surface area contributed by atoms with Crippen molar-refractivity contribution in [1.82, 2.24) is 5.32 Å². The van der Waals surface area contributed by atoms with Gasteiger partial charge in [-0.3, -0.25) is 9.59 Å². The van der Waals surface area contributed by atoms with Gasteiger partial charge in [-0.25, -0.2) is 18.5 Å². The molecule has 1 fully saturated rings. The smallest absolute Gasteiger partial charge is 0.240 e. The van der Waals surface area contributed by atoms with Crippen LogP contribution in [0.5, 0.6) is 5.75 Å². The van der Waals surface area contributed by atoms with Crippen LogP contribution in [0.1, 0.15) is 13.3 Å². The molecule has 2 amide bonds. The molecule has 1 heterocycles. The van der Waals surface area contributed by atoms with Gasteiger partial charge in [0.1, 0.15) is 11.0 Å². The number of rotatable bonds is 7. The first kappa shape index (κ1) is 21.8. The van der Waals surface area contributed by atoms with E-state index in [1.54, 1.807) is 24.3 Å². The Morgan fingerprint density at radius 2 is 1.87 bits per heavy atom. The Morgan fingerprint density at radius 3 is 2.47 bits per heavy atom.